The monoisotopic (exact) mass is 1200 g/mol. The Bertz CT molecular complexity index is 5890. The number of rotatable bonds is 9. The van der Waals surface area contributed by atoms with Gasteiger partial charge < -0.3 is 4.74 Å². The van der Waals surface area contributed by atoms with E-state index in [2.05, 4.69) is 104 Å². The van der Waals surface area contributed by atoms with Crippen molar-refractivity contribution < 1.29 is 35.3 Å². The van der Waals surface area contributed by atoms with Gasteiger partial charge in [0.2, 0.25) is 0 Å². The second-order valence-corrected chi connectivity index (χ2v) is 28.1. The van der Waals surface area contributed by atoms with E-state index in [0.29, 0.717) is 50.5 Å². The van der Waals surface area contributed by atoms with Crippen LogP contribution in [-0.2, 0) is 16.2 Å². The summed E-state index contributed by atoms with van der Waals surface area (Å²) in [7, 11) is -3.47. The van der Waals surface area contributed by atoms with Crippen LogP contribution in [0.25, 0.3) is 94.5 Å². The van der Waals surface area contributed by atoms with Gasteiger partial charge in [-0.25, -0.2) is 4.98 Å². The first-order valence-corrected chi connectivity index (χ1v) is 32.0. The minimum Gasteiger partial charge on any atom is -0.458 e. The average Bonchev–Trinajstić information content (AvgIpc) is 1.07. The Balaban J connectivity index is 1.02. The second kappa shape index (κ2) is 21.0. The van der Waals surface area contributed by atoms with Crippen LogP contribution in [0.2, 0.25) is 0 Å². The highest BCUT2D eigenvalue weighted by Gasteiger charge is 2.43. The highest BCUT2D eigenvalue weighted by Crippen LogP contribution is 2.49. The first-order valence-electron chi connectivity index (χ1n) is 39.5. The van der Waals surface area contributed by atoms with E-state index in [-0.39, 0.29) is 16.7 Å². The van der Waals surface area contributed by atoms with E-state index in [0.717, 1.165) is 65.1 Å². The molecular weight excluding hydrogens is 1110 g/mol. The van der Waals surface area contributed by atoms with Gasteiger partial charge >= 0.3 is 0 Å². The number of fused-ring (bicyclic) bond motifs is 11. The Kier molecular flexibility index (Phi) is 8.94. The van der Waals surface area contributed by atoms with Gasteiger partial charge in [-0.3, -0.25) is 13.7 Å². The van der Waals surface area contributed by atoms with Crippen molar-refractivity contribution >= 4 is 61.7 Å². The number of hydrogen-bond donors (Lipinski definition) is 0. The summed E-state index contributed by atoms with van der Waals surface area (Å²) in [4.78, 5) is 4.89. The van der Waals surface area contributed by atoms with Crippen molar-refractivity contribution in [3.63, 3.8) is 0 Å². The van der Waals surface area contributed by atoms with Crippen molar-refractivity contribution in [1.29, 1.82) is 0 Å². The van der Waals surface area contributed by atoms with E-state index in [1.54, 1.807) is 15.2 Å². The van der Waals surface area contributed by atoms with Crippen LogP contribution in [0, 0.1) is 6.33 Å². The molecule has 0 bridgehead atoms. The number of hydrogen-bond acceptors (Lipinski definition) is 2. The molecule has 0 saturated heterocycles. The molecule has 0 saturated carbocycles. The molecule has 5 nitrogen and oxygen atoms in total. The molecule has 16 rings (SSSR count). The number of para-hydroxylation sites is 3. The fraction of sp³-hybridized carbons (Fsp3) is 0.143. The van der Waals surface area contributed by atoms with Crippen molar-refractivity contribution in [2.75, 3.05) is 0 Å². The highest BCUT2D eigenvalue weighted by atomic mass is 28.3. The van der Waals surface area contributed by atoms with Gasteiger partial charge in [0.05, 0.1) is 37.6 Å². The van der Waals surface area contributed by atoms with Gasteiger partial charge in [-0.05, 0) is 159 Å². The maximum Gasteiger partial charge on any atom is 0.269 e. The van der Waals surface area contributed by atoms with Crippen LogP contribution in [0.15, 0.2) is 273 Å². The Hall–Kier alpha value is -10.1. The van der Waals surface area contributed by atoms with Crippen LogP contribution in [0.4, 0.5) is 0 Å². The third kappa shape index (κ3) is 8.86. The summed E-state index contributed by atoms with van der Waals surface area (Å²) in [5.74, 6) is 1.65. The van der Waals surface area contributed by atoms with Gasteiger partial charge in [-0.1, -0.05) is 260 Å². The number of benzene rings is 11. The first kappa shape index (κ1) is 38.3. The minimum atomic E-state index is -4.56. The molecule has 14 aromatic rings. The normalized spacial score (nSPS) is 18.8. The van der Waals surface area contributed by atoms with Crippen LogP contribution in [-0.4, -0.2) is 22.2 Å². The van der Waals surface area contributed by atoms with Crippen molar-refractivity contribution in [2.24, 2.45) is 0 Å². The molecule has 1 aliphatic carbocycles. The van der Waals surface area contributed by atoms with E-state index in [1.165, 1.54) is 6.07 Å². The number of nitrogens with zero attached hydrogens (tertiary/aromatic N) is 4. The maximum absolute atomic E-state index is 10.7. The number of aromatic nitrogens is 4. The van der Waals surface area contributed by atoms with Crippen molar-refractivity contribution in [3.8, 4) is 73.2 Å². The molecule has 90 heavy (non-hydrogen) atoms. The van der Waals surface area contributed by atoms with Gasteiger partial charge in [-0.15, -0.1) is 0 Å². The first-order chi connectivity index (χ1) is 51.5. The molecule has 0 spiro atoms. The summed E-state index contributed by atoms with van der Waals surface area (Å²) >= 11 is 0. The smallest absolute Gasteiger partial charge is 0.269 e. The molecule has 3 aromatic heterocycles. The van der Waals surface area contributed by atoms with E-state index in [4.69, 9.17) is 17.9 Å². The zero-order chi connectivity index (χ0) is 77.3. The molecule has 0 fully saturated rings. The van der Waals surface area contributed by atoms with Crippen molar-refractivity contribution in [3.05, 3.63) is 296 Å². The predicted molar refractivity (Wildman–Crippen MR) is 375 cm³/mol. The zero-order valence-corrected chi connectivity index (χ0v) is 50.4. The predicted octanol–water partition coefficient (Wildman–Crippen LogP) is 18.0. The molecule has 1 aliphatic heterocycles. The summed E-state index contributed by atoms with van der Waals surface area (Å²) < 4.78 is 193. The quantitative estimate of drug-likeness (QED) is 0.0625. The van der Waals surface area contributed by atoms with Crippen LogP contribution in [0.5, 0.6) is 11.5 Å². The molecule has 436 valence electrons. The van der Waals surface area contributed by atoms with E-state index in [1.807, 2.05) is 170 Å². The van der Waals surface area contributed by atoms with Crippen molar-refractivity contribution in [2.45, 2.75) is 77.2 Å². The number of pyridine rings is 1. The largest absolute Gasteiger partial charge is 0.458 e. The molecule has 2 aliphatic rings. The zero-order valence-electron chi connectivity index (χ0n) is 68.4. The molecular formula is C84H70N4OSi. The van der Waals surface area contributed by atoms with Gasteiger partial charge in [0.15, 0.2) is 8.07 Å². The summed E-state index contributed by atoms with van der Waals surface area (Å²) in [5, 5.41) is 5.99. The van der Waals surface area contributed by atoms with E-state index >= 15 is 0 Å². The molecule has 11 aromatic carbocycles. The number of ether oxygens (including phenoxy) is 1. The molecule has 6 heteroatoms. The lowest BCUT2D eigenvalue weighted by molar-refractivity contribution is -0.570. The summed E-state index contributed by atoms with van der Waals surface area (Å²) in [6.07, 6.45) is -3.58. The van der Waals surface area contributed by atoms with Crippen molar-refractivity contribution in [1.82, 2.24) is 14.1 Å². The molecule has 4 heterocycles. The number of imidazole rings is 1. The van der Waals surface area contributed by atoms with Crippen LogP contribution < -0.4 is 30.1 Å². The summed E-state index contributed by atoms with van der Waals surface area (Å²) in [6.45, 7) is -10.6. The van der Waals surface area contributed by atoms with Gasteiger partial charge in [0, 0.05) is 45.0 Å². The summed E-state index contributed by atoms with van der Waals surface area (Å²) in [5.41, 5.74) is -4.62. The average molecular weight is 1200 g/mol. The van der Waals surface area contributed by atoms with Gasteiger partial charge in [0.1, 0.15) is 17.3 Å². The van der Waals surface area contributed by atoms with Gasteiger partial charge in [0.25, 0.3) is 6.33 Å². The third-order valence-electron chi connectivity index (χ3n) is 17.9. The Labute approximate surface area is 555 Å². The molecule has 0 atom stereocenters. The lowest BCUT2D eigenvalue weighted by atomic mass is 9.63. The maximum atomic E-state index is 10.7. The molecule has 0 N–H and O–H groups in total. The fourth-order valence-electron chi connectivity index (χ4n) is 13.7. The van der Waals surface area contributed by atoms with Crippen LogP contribution in [0.3, 0.4) is 0 Å². The van der Waals surface area contributed by atoms with Gasteiger partial charge in [-0.2, -0.15) is 0 Å². The van der Waals surface area contributed by atoms with Crippen LogP contribution in [0.1, 0.15) is 104 Å². The second-order valence-electron chi connectivity index (χ2n) is 24.3. The van der Waals surface area contributed by atoms with E-state index < -0.39 is 93.9 Å². The fourth-order valence-corrected chi connectivity index (χ4v) is 18.5. The lowest BCUT2D eigenvalue weighted by Gasteiger charge is -2.42. The van der Waals surface area contributed by atoms with Crippen LogP contribution >= 0.6 is 0 Å². The lowest BCUT2D eigenvalue weighted by Crippen LogP contribution is -2.74. The Morgan fingerprint density at radius 1 is 0.511 bits per heavy atom. The standard InChI is InChI=1S/C84H70N4OSi/c1-82(2,3)57-46-49-85-79(51-57)88-76-38-20-19-34-69(76)70-43-41-60(53-78(70)88)89-59-25-21-24-58(52-59)86-55-87-80-65(56-40-45-74-75(50-56)84(6,7)48-47-83(74,4)5)35-22-36-72(80)73-54-64(42-44-68(73)66-32-17-18-33-67(66)71-37-23-39-77(86)81(71)87)90(61-26-11-8-12-27-61,62-28-13-9-14-29-62)63-30-15-10-16-31-63/h8-46,49-54H,47-48H2,1-7H3/i4D3,5D3,6D3,7D3,40D,45D,47D2,48D2,50D. The molecule has 0 radical (unpaired) electrons. The molecule has 0 amide bonds. The minimum absolute atomic E-state index is 0.0942. The summed E-state index contributed by atoms with van der Waals surface area (Å²) in [6, 6.07) is 77.2. The molecule has 0 unspecified atom stereocenters. The third-order valence-corrected chi connectivity index (χ3v) is 22.7. The van der Waals surface area contributed by atoms with E-state index in [9.17, 15) is 17.8 Å². The highest BCUT2D eigenvalue weighted by molar-refractivity contribution is 7.20. The SMILES string of the molecule is [2H]c1c([2H])c2c(c([2H])c1-c1cccc3c1-[n+]1[c-]n(-c4cccc(Oc5ccc6c7ccccc7n(-c7cc(C(C)(C)C)ccn7)c6c5)c4)c4cccc(c41)-c1ccccc1-c1ccc([Si](c4ccccc4)(c4ccccc4)c4ccccc4)cc1-3)C(C([2H])([2H])[2H])(C([2H])([2H])[2H])C([2H])([2H])C([2H])([2H])C2(C([2H])([2H])[2H])C([2H])([2H])[2H]. The topological polar surface area (TPSA) is 35.9 Å². The Morgan fingerprint density at radius 2 is 1.10 bits per heavy atom. The Morgan fingerprint density at radius 3 is 1.82 bits per heavy atom.